The summed E-state index contributed by atoms with van der Waals surface area (Å²) in [5, 5.41) is 8.44. The average molecular weight is 390 g/mol. The van der Waals surface area contributed by atoms with Gasteiger partial charge in [-0.1, -0.05) is 12.1 Å². The lowest BCUT2D eigenvalue weighted by molar-refractivity contribution is -0.117. The van der Waals surface area contributed by atoms with Crippen molar-refractivity contribution in [3.8, 4) is 11.3 Å². The lowest BCUT2D eigenvalue weighted by Gasteiger charge is -2.20. The molecule has 4 heterocycles. The van der Waals surface area contributed by atoms with Gasteiger partial charge in [0.25, 0.3) is 0 Å². The molecule has 150 valence electrons. The molecule has 1 aromatic carbocycles. The zero-order valence-corrected chi connectivity index (χ0v) is 16.7. The van der Waals surface area contributed by atoms with Gasteiger partial charge in [-0.2, -0.15) is 0 Å². The molecule has 1 atom stereocenters. The standard InChI is InChI=1S/C22H26N6O/c1-15-3-2-7-27(15)14-22(29)26-20-10-18-9-16(4-5-17(18)11-24-20)19-12-25-21-13-23-6-8-28(19)21/h4-5,9-12,15,23H,2-3,6-8,13-14H2,1H3,(H,24,26,29)/t15-/m1/s1. The van der Waals surface area contributed by atoms with E-state index in [1.165, 1.54) is 12.8 Å². The van der Waals surface area contributed by atoms with Gasteiger partial charge in [-0.25, -0.2) is 9.97 Å². The van der Waals surface area contributed by atoms with Gasteiger partial charge < -0.3 is 15.2 Å². The summed E-state index contributed by atoms with van der Waals surface area (Å²) in [6, 6.07) is 8.78. The maximum Gasteiger partial charge on any atom is 0.239 e. The molecule has 0 bridgehead atoms. The predicted molar refractivity (Wildman–Crippen MR) is 114 cm³/mol. The first-order chi connectivity index (χ1) is 14.2. The molecule has 7 heteroatoms. The molecular formula is C22H26N6O. The van der Waals surface area contributed by atoms with Gasteiger partial charge in [0.05, 0.1) is 25.0 Å². The molecule has 5 rings (SSSR count). The Labute approximate surface area is 170 Å². The van der Waals surface area contributed by atoms with Crippen molar-refractivity contribution in [3.05, 3.63) is 42.5 Å². The maximum atomic E-state index is 12.5. The Morgan fingerprint density at radius 2 is 2.14 bits per heavy atom. The molecule has 2 N–H and O–H groups in total. The SMILES string of the molecule is C[C@@H]1CCCN1CC(=O)Nc1cc2cc(-c3cnc4n3CCNC4)ccc2cn1. The highest BCUT2D eigenvalue weighted by Crippen LogP contribution is 2.27. The number of imidazole rings is 1. The van der Waals surface area contributed by atoms with Crippen LogP contribution in [0.1, 0.15) is 25.6 Å². The first-order valence-corrected chi connectivity index (χ1v) is 10.4. The van der Waals surface area contributed by atoms with E-state index in [2.05, 4.69) is 55.2 Å². The van der Waals surface area contributed by atoms with E-state index in [0.29, 0.717) is 18.4 Å². The van der Waals surface area contributed by atoms with E-state index in [9.17, 15) is 4.79 Å². The van der Waals surface area contributed by atoms with Crippen LogP contribution < -0.4 is 10.6 Å². The number of likely N-dealkylation sites (tertiary alicyclic amines) is 1. The normalized spacial score (nSPS) is 19.4. The van der Waals surface area contributed by atoms with Crippen LogP contribution in [0.4, 0.5) is 5.82 Å². The molecule has 0 aliphatic carbocycles. The van der Waals surface area contributed by atoms with Crippen LogP contribution in [0.3, 0.4) is 0 Å². The van der Waals surface area contributed by atoms with Crippen LogP contribution in [0.2, 0.25) is 0 Å². The van der Waals surface area contributed by atoms with E-state index in [4.69, 9.17) is 0 Å². The average Bonchev–Trinajstić information content (AvgIpc) is 3.34. The molecule has 0 saturated carbocycles. The van der Waals surface area contributed by atoms with Crippen LogP contribution in [0.25, 0.3) is 22.0 Å². The van der Waals surface area contributed by atoms with Crippen molar-refractivity contribution in [2.45, 2.75) is 38.9 Å². The fraction of sp³-hybridized carbons (Fsp3) is 0.409. The molecule has 3 aromatic rings. The van der Waals surface area contributed by atoms with E-state index < -0.39 is 0 Å². The second-order valence-corrected chi connectivity index (χ2v) is 8.03. The number of hydrogen-bond donors (Lipinski definition) is 2. The number of nitrogens with one attached hydrogen (secondary N) is 2. The smallest absolute Gasteiger partial charge is 0.239 e. The summed E-state index contributed by atoms with van der Waals surface area (Å²) < 4.78 is 2.28. The second kappa shape index (κ2) is 7.57. The minimum absolute atomic E-state index is 0.000820. The topological polar surface area (TPSA) is 75.1 Å². The minimum atomic E-state index is -0.000820. The van der Waals surface area contributed by atoms with Crippen LogP contribution in [0.5, 0.6) is 0 Å². The Morgan fingerprint density at radius 1 is 1.21 bits per heavy atom. The first kappa shape index (κ1) is 18.3. The van der Waals surface area contributed by atoms with Gasteiger partial charge in [0.1, 0.15) is 11.6 Å². The molecule has 7 nitrogen and oxygen atoms in total. The third kappa shape index (κ3) is 3.63. The Morgan fingerprint density at radius 3 is 3.00 bits per heavy atom. The number of amides is 1. The summed E-state index contributed by atoms with van der Waals surface area (Å²) in [5.74, 6) is 1.68. The largest absolute Gasteiger partial charge is 0.326 e. The Hall–Kier alpha value is -2.77. The summed E-state index contributed by atoms with van der Waals surface area (Å²) >= 11 is 0. The number of rotatable bonds is 4. The van der Waals surface area contributed by atoms with Gasteiger partial charge in [-0.15, -0.1) is 0 Å². The number of carbonyl (C=O) groups is 1. The molecule has 2 aliphatic heterocycles. The number of fused-ring (bicyclic) bond motifs is 2. The van der Waals surface area contributed by atoms with E-state index >= 15 is 0 Å². The molecule has 2 aliphatic rings. The number of nitrogens with zero attached hydrogens (tertiary/aromatic N) is 4. The lowest BCUT2D eigenvalue weighted by atomic mass is 10.1. The summed E-state index contributed by atoms with van der Waals surface area (Å²) in [6.07, 6.45) is 6.10. The number of hydrogen-bond acceptors (Lipinski definition) is 5. The van der Waals surface area contributed by atoms with Gasteiger partial charge in [-0.05, 0) is 43.8 Å². The van der Waals surface area contributed by atoms with E-state index in [-0.39, 0.29) is 5.91 Å². The van der Waals surface area contributed by atoms with Gasteiger partial charge in [0.2, 0.25) is 5.91 Å². The van der Waals surface area contributed by atoms with Crippen molar-refractivity contribution in [2.24, 2.45) is 0 Å². The quantitative estimate of drug-likeness (QED) is 0.716. The molecule has 0 spiro atoms. The Kier molecular flexibility index (Phi) is 4.77. The zero-order chi connectivity index (χ0) is 19.8. The van der Waals surface area contributed by atoms with E-state index in [0.717, 1.165) is 54.0 Å². The maximum absolute atomic E-state index is 12.5. The number of carbonyl (C=O) groups excluding carboxylic acids is 1. The Bertz CT molecular complexity index is 1060. The number of aromatic nitrogens is 3. The summed E-state index contributed by atoms with van der Waals surface area (Å²) in [5.41, 5.74) is 2.27. The molecule has 1 saturated heterocycles. The van der Waals surface area contributed by atoms with E-state index in [1.54, 1.807) is 0 Å². The molecule has 2 aromatic heterocycles. The molecule has 1 fully saturated rings. The van der Waals surface area contributed by atoms with Crippen LogP contribution in [-0.4, -0.2) is 51.0 Å². The highest BCUT2D eigenvalue weighted by molar-refractivity contribution is 5.94. The number of benzene rings is 1. The van der Waals surface area contributed by atoms with Crippen molar-refractivity contribution in [2.75, 3.05) is 25.0 Å². The third-order valence-corrected chi connectivity index (χ3v) is 6.06. The predicted octanol–water partition coefficient (Wildman–Crippen LogP) is 2.62. The van der Waals surface area contributed by atoms with Crippen LogP contribution in [0.15, 0.2) is 36.7 Å². The highest BCUT2D eigenvalue weighted by atomic mass is 16.2. The summed E-state index contributed by atoms with van der Waals surface area (Å²) in [6.45, 7) is 6.30. The Balaban J connectivity index is 1.38. The highest BCUT2D eigenvalue weighted by Gasteiger charge is 2.22. The van der Waals surface area contributed by atoms with E-state index in [1.807, 2.05) is 18.5 Å². The van der Waals surface area contributed by atoms with Crippen molar-refractivity contribution < 1.29 is 4.79 Å². The summed E-state index contributed by atoms with van der Waals surface area (Å²) in [7, 11) is 0. The minimum Gasteiger partial charge on any atom is -0.326 e. The molecule has 29 heavy (non-hydrogen) atoms. The van der Waals surface area contributed by atoms with Gasteiger partial charge in [-0.3, -0.25) is 9.69 Å². The molecule has 0 unspecified atom stereocenters. The molecule has 0 radical (unpaired) electrons. The monoisotopic (exact) mass is 390 g/mol. The van der Waals surface area contributed by atoms with Gasteiger partial charge in [0.15, 0.2) is 0 Å². The number of pyridine rings is 1. The van der Waals surface area contributed by atoms with Crippen molar-refractivity contribution in [1.82, 2.24) is 24.8 Å². The van der Waals surface area contributed by atoms with Crippen LogP contribution in [0, 0.1) is 0 Å². The lowest BCUT2D eigenvalue weighted by Crippen LogP contribution is -2.35. The zero-order valence-electron chi connectivity index (χ0n) is 16.7. The van der Waals surface area contributed by atoms with Crippen LogP contribution in [-0.2, 0) is 17.9 Å². The van der Waals surface area contributed by atoms with Crippen molar-refractivity contribution in [1.29, 1.82) is 0 Å². The molecular weight excluding hydrogens is 364 g/mol. The third-order valence-electron chi connectivity index (χ3n) is 6.06. The van der Waals surface area contributed by atoms with Crippen LogP contribution >= 0.6 is 0 Å². The number of anilines is 1. The first-order valence-electron chi connectivity index (χ1n) is 10.4. The van der Waals surface area contributed by atoms with Crippen molar-refractivity contribution in [3.63, 3.8) is 0 Å². The van der Waals surface area contributed by atoms with Gasteiger partial charge >= 0.3 is 0 Å². The van der Waals surface area contributed by atoms with Gasteiger partial charge in [0, 0.05) is 36.3 Å². The summed E-state index contributed by atoms with van der Waals surface area (Å²) in [4.78, 5) is 23.7. The molecule has 1 amide bonds. The fourth-order valence-electron chi connectivity index (χ4n) is 4.39. The second-order valence-electron chi connectivity index (χ2n) is 8.03. The van der Waals surface area contributed by atoms with Crippen molar-refractivity contribution >= 4 is 22.5 Å². The fourth-order valence-corrected chi connectivity index (χ4v) is 4.39.